The molecule has 1 aromatic heterocycles. The summed E-state index contributed by atoms with van der Waals surface area (Å²) in [6.07, 6.45) is 1.33. The van der Waals surface area contributed by atoms with Crippen LogP contribution >= 0.6 is 0 Å². The number of aromatic nitrogens is 1. The Labute approximate surface area is 145 Å². The van der Waals surface area contributed by atoms with Crippen LogP contribution < -0.4 is 10.5 Å². The maximum Gasteiger partial charge on any atom is 0.276 e. The number of likely N-dealkylation sites (tertiary alicyclic amines) is 1. The summed E-state index contributed by atoms with van der Waals surface area (Å²) in [6.45, 7) is 4.61. The van der Waals surface area contributed by atoms with Crippen LogP contribution in [0.25, 0.3) is 0 Å². The normalized spacial score (nSPS) is 16.9. The molecule has 0 spiro atoms. The van der Waals surface area contributed by atoms with E-state index < -0.39 is 11.9 Å². The maximum absolute atomic E-state index is 12.5. The Morgan fingerprint density at radius 1 is 1.36 bits per heavy atom. The first-order valence-corrected chi connectivity index (χ1v) is 8.21. The Kier molecular flexibility index (Phi) is 4.74. The first-order chi connectivity index (χ1) is 12.0. The lowest BCUT2D eigenvalue weighted by Gasteiger charge is -2.20. The molecule has 0 aliphatic carbocycles. The maximum atomic E-state index is 12.5. The third-order valence-corrected chi connectivity index (χ3v) is 4.33. The van der Waals surface area contributed by atoms with Gasteiger partial charge in [-0.2, -0.15) is 0 Å². The molecule has 25 heavy (non-hydrogen) atoms. The zero-order chi connectivity index (χ0) is 18.0. The van der Waals surface area contributed by atoms with Crippen molar-refractivity contribution in [3.8, 4) is 5.75 Å². The van der Waals surface area contributed by atoms with Gasteiger partial charge in [0.2, 0.25) is 5.91 Å². The number of primary amides is 1. The summed E-state index contributed by atoms with van der Waals surface area (Å²) >= 11 is 0. The van der Waals surface area contributed by atoms with E-state index in [0.717, 1.165) is 23.3 Å². The molecule has 1 aromatic carbocycles. The Balaban J connectivity index is 1.67. The van der Waals surface area contributed by atoms with Crippen molar-refractivity contribution in [1.29, 1.82) is 0 Å². The minimum atomic E-state index is -0.571. The van der Waals surface area contributed by atoms with E-state index in [1.807, 2.05) is 32.0 Å². The van der Waals surface area contributed by atoms with Crippen LogP contribution in [-0.4, -0.2) is 34.5 Å². The Hall–Kier alpha value is -2.83. The molecule has 1 fully saturated rings. The van der Waals surface area contributed by atoms with Crippen LogP contribution in [0.4, 0.5) is 0 Å². The van der Waals surface area contributed by atoms with Gasteiger partial charge in [0, 0.05) is 12.6 Å². The molecule has 1 saturated heterocycles. The second kappa shape index (κ2) is 6.96. The molecule has 0 radical (unpaired) electrons. The predicted octanol–water partition coefficient (Wildman–Crippen LogP) is 1.96. The number of hydrogen-bond donors (Lipinski definition) is 1. The molecule has 7 heteroatoms. The number of nitrogens with two attached hydrogens (primary N) is 1. The number of amides is 2. The molecule has 0 unspecified atom stereocenters. The van der Waals surface area contributed by atoms with Crippen molar-refractivity contribution in [1.82, 2.24) is 10.1 Å². The van der Waals surface area contributed by atoms with E-state index in [9.17, 15) is 9.59 Å². The van der Waals surface area contributed by atoms with Crippen molar-refractivity contribution < 1.29 is 18.8 Å². The van der Waals surface area contributed by atoms with Gasteiger partial charge in [0.1, 0.15) is 18.4 Å². The monoisotopic (exact) mass is 343 g/mol. The summed E-state index contributed by atoms with van der Waals surface area (Å²) in [5.74, 6) is 0.368. The van der Waals surface area contributed by atoms with Crippen molar-refractivity contribution in [2.75, 3.05) is 6.54 Å². The van der Waals surface area contributed by atoms with E-state index in [2.05, 4.69) is 5.16 Å². The molecule has 2 heterocycles. The van der Waals surface area contributed by atoms with Crippen LogP contribution in [0, 0.1) is 13.8 Å². The minimum absolute atomic E-state index is 0.160. The highest BCUT2D eigenvalue weighted by Crippen LogP contribution is 2.22. The zero-order valence-electron chi connectivity index (χ0n) is 14.3. The van der Waals surface area contributed by atoms with Crippen LogP contribution in [-0.2, 0) is 11.4 Å². The SMILES string of the molecule is Cc1ccc(C)c(OCc2cc(C(=O)N3CCC[C@@H]3C(N)=O)no2)c1. The topological polar surface area (TPSA) is 98.7 Å². The van der Waals surface area contributed by atoms with E-state index in [-0.39, 0.29) is 18.2 Å². The van der Waals surface area contributed by atoms with Crippen molar-refractivity contribution in [3.63, 3.8) is 0 Å². The zero-order valence-corrected chi connectivity index (χ0v) is 14.3. The standard InChI is InChI=1S/C18H21N3O4/c1-11-5-6-12(2)16(8-11)24-10-13-9-14(20-25-13)18(23)21-7-3-4-15(21)17(19)22/h5-6,8-9,15H,3-4,7,10H2,1-2H3,(H2,19,22)/t15-/m1/s1. The fraction of sp³-hybridized carbons (Fsp3) is 0.389. The second-order valence-electron chi connectivity index (χ2n) is 6.30. The van der Waals surface area contributed by atoms with Crippen molar-refractivity contribution >= 4 is 11.8 Å². The first kappa shape index (κ1) is 17.0. The third-order valence-electron chi connectivity index (χ3n) is 4.33. The number of carbonyl (C=O) groups is 2. The van der Waals surface area contributed by atoms with E-state index in [1.54, 1.807) is 6.07 Å². The van der Waals surface area contributed by atoms with Crippen LogP contribution in [0.1, 0.15) is 40.2 Å². The number of ether oxygens (including phenoxy) is 1. The quantitative estimate of drug-likeness (QED) is 0.895. The number of rotatable bonds is 5. The Morgan fingerprint density at radius 2 is 2.16 bits per heavy atom. The third kappa shape index (κ3) is 3.65. The van der Waals surface area contributed by atoms with Gasteiger partial charge in [0.15, 0.2) is 11.5 Å². The smallest absolute Gasteiger partial charge is 0.276 e. The van der Waals surface area contributed by atoms with Crippen molar-refractivity contribution in [2.45, 2.75) is 39.3 Å². The molecule has 3 rings (SSSR count). The average Bonchev–Trinajstić information content (AvgIpc) is 3.24. The first-order valence-electron chi connectivity index (χ1n) is 8.21. The van der Waals surface area contributed by atoms with Crippen molar-refractivity contribution in [2.24, 2.45) is 5.73 Å². The summed E-state index contributed by atoms with van der Waals surface area (Å²) in [5, 5.41) is 3.81. The van der Waals surface area contributed by atoms with E-state index >= 15 is 0 Å². The van der Waals surface area contributed by atoms with E-state index in [0.29, 0.717) is 18.7 Å². The Bertz CT molecular complexity index is 799. The van der Waals surface area contributed by atoms with Gasteiger partial charge in [0.05, 0.1) is 0 Å². The molecule has 7 nitrogen and oxygen atoms in total. The van der Waals surface area contributed by atoms with Gasteiger partial charge in [-0.15, -0.1) is 0 Å². The van der Waals surface area contributed by atoms with Crippen molar-refractivity contribution in [3.05, 3.63) is 46.8 Å². The van der Waals surface area contributed by atoms with Crippen LogP contribution in [0.3, 0.4) is 0 Å². The molecule has 0 bridgehead atoms. The lowest BCUT2D eigenvalue weighted by atomic mass is 10.1. The fourth-order valence-electron chi connectivity index (χ4n) is 2.95. The molecular formula is C18H21N3O4. The highest BCUT2D eigenvalue weighted by molar-refractivity contribution is 5.96. The van der Waals surface area contributed by atoms with Crippen LogP contribution in [0.15, 0.2) is 28.8 Å². The summed E-state index contributed by atoms with van der Waals surface area (Å²) in [4.78, 5) is 25.4. The molecule has 2 N–H and O–H groups in total. The lowest BCUT2D eigenvalue weighted by molar-refractivity contribution is -0.121. The highest BCUT2D eigenvalue weighted by Gasteiger charge is 2.34. The van der Waals surface area contributed by atoms with Gasteiger partial charge in [-0.3, -0.25) is 9.59 Å². The second-order valence-corrected chi connectivity index (χ2v) is 6.30. The molecular weight excluding hydrogens is 322 g/mol. The number of aryl methyl sites for hydroxylation is 2. The van der Waals surface area contributed by atoms with Gasteiger partial charge >= 0.3 is 0 Å². The summed E-state index contributed by atoms with van der Waals surface area (Å²) in [6, 6.07) is 6.91. The fourth-order valence-corrected chi connectivity index (χ4v) is 2.95. The molecule has 1 aliphatic heterocycles. The molecule has 132 valence electrons. The number of benzene rings is 1. The van der Waals surface area contributed by atoms with Crippen LogP contribution in [0.2, 0.25) is 0 Å². The minimum Gasteiger partial charge on any atom is -0.485 e. The molecule has 2 amide bonds. The van der Waals surface area contributed by atoms with E-state index in [1.165, 1.54) is 4.90 Å². The number of hydrogen-bond acceptors (Lipinski definition) is 5. The average molecular weight is 343 g/mol. The molecule has 1 atom stereocenters. The molecule has 1 aliphatic rings. The van der Waals surface area contributed by atoms with Gasteiger partial charge < -0.3 is 19.9 Å². The lowest BCUT2D eigenvalue weighted by Crippen LogP contribution is -2.43. The summed E-state index contributed by atoms with van der Waals surface area (Å²) in [7, 11) is 0. The largest absolute Gasteiger partial charge is 0.485 e. The summed E-state index contributed by atoms with van der Waals surface area (Å²) < 4.78 is 10.9. The van der Waals surface area contributed by atoms with Gasteiger partial charge in [-0.1, -0.05) is 17.3 Å². The molecule has 2 aromatic rings. The Morgan fingerprint density at radius 3 is 2.92 bits per heavy atom. The van der Waals surface area contributed by atoms with Gasteiger partial charge in [-0.25, -0.2) is 0 Å². The molecule has 0 saturated carbocycles. The summed E-state index contributed by atoms with van der Waals surface area (Å²) in [5.41, 5.74) is 7.63. The van der Waals surface area contributed by atoms with E-state index in [4.69, 9.17) is 15.0 Å². The highest BCUT2D eigenvalue weighted by atomic mass is 16.5. The number of carbonyl (C=O) groups excluding carboxylic acids is 2. The predicted molar refractivity (Wildman–Crippen MR) is 90.0 cm³/mol. The van der Waals surface area contributed by atoms with Crippen LogP contribution in [0.5, 0.6) is 5.75 Å². The number of nitrogens with zero attached hydrogens (tertiary/aromatic N) is 2. The van der Waals surface area contributed by atoms with Gasteiger partial charge in [0.25, 0.3) is 5.91 Å². The van der Waals surface area contributed by atoms with Gasteiger partial charge in [-0.05, 0) is 43.9 Å².